The molecule has 1 heterocycles. The van der Waals surface area contributed by atoms with Gasteiger partial charge in [0.15, 0.2) is 0 Å². The first-order valence-corrected chi connectivity index (χ1v) is 7.32. The standard InChI is InChI=1S/C12H25NO2S/c1-11-12(5-8-15-11)16-10-4-3-6-13-7-9-14-2/h11-13H,3-10H2,1-2H3. The maximum absolute atomic E-state index is 5.54. The smallest absolute Gasteiger partial charge is 0.0666 e. The van der Waals surface area contributed by atoms with Crippen LogP contribution in [-0.2, 0) is 9.47 Å². The van der Waals surface area contributed by atoms with Crippen molar-refractivity contribution in [1.82, 2.24) is 5.32 Å². The van der Waals surface area contributed by atoms with E-state index in [2.05, 4.69) is 24.0 Å². The maximum atomic E-state index is 5.54. The Labute approximate surface area is 104 Å². The van der Waals surface area contributed by atoms with Crippen molar-refractivity contribution in [2.45, 2.75) is 37.5 Å². The Morgan fingerprint density at radius 2 is 2.25 bits per heavy atom. The first-order valence-electron chi connectivity index (χ1n) is 6.27. The van der Waals surface area contributed by atoms with Crippen LogP contribution in [0.2, 0.25) is 0 Å². The van der Waals surface area contributed by atoms with Crippen LogP contribution in [0.5, 0.6) is 0 Å². The van der Waals surface area contributed by atoms with Gasteiger partial charge in [-0.15, -0.1) is 0 Å². The minimum Gasteiger partial charge on any atom is -0.383 e. The van der Waals surface area contributed by atoms with E-state index >= 15 is 0 Å². The normalized spacial score (nSPS) is 25.1. The second kappa shape index (κ2) is 9.28. The molecule has 0 radical (unpaired) electrons. The molecule has 0 bridgehead atoms. The van der Waals surface area contributed by atoms with Crippen molar-refractivity contribution >= 4 is 11.8 Å². The average Bonchev–Trinajstić information content (AvgIpc) is 2.68. The molecule has 1 rings (SSSR count). The fraction of sp³-hybridized carbons (Fsp3) is 1.00. The van der Waals surface area contributed by atoms with Crippen LogP contribution >= 0.6 is 11.8 Å². The highest BCUT2D eigenvalue weighted by Crippen LogP contribution is 2.26. The van der Waals surface area contributed by atoms with Gasteiger partial charge in [0.2, 0.25) is 0 Å². The number of methoxy groups -OCH3 is 1. The molecule has 0 aromatic carbocycles. The summed E-state index contributed by atoms with van der Waals surface area (Å²) < 4.78 is 10.5. The summed E-state index contributed by atoms with van der Waals surface area (Å²) in [6, 6.07) is 0. The molecule has 16 heavy (non-hydrogen) atoms. The lowest BCUT2D eigenvalue weighted by atomic mass is 10.3. The molecule has 4 heteroatoms. The molecule has 1 N–H and O–H groups in total. The highest BCUT2D eigenvalue weighted by atomic mass is 32.2. The second-order valence-electron chi connectivity index (χ2n) is 4.22. The first-order chi connectivity index (χ1) is 7.84. The zero-order chi connectivity index (χ0) is 11.6. The van der Waals surface area contributed by atoms with Gasteiger partial charge in [-0.3, -0.25) is 0 Å². The highest BCUT2D eigenvalue weighted by Gasteiger charge is 2.23. The third-order valence-electron chi connectivity index (χ3n) is 2.87. The van der Waals surface area contributed by atoms with Gasteiger partial charge in [0.1, 0.15) is 0 Å². The van der Waals surface area contributed by atoms with Gasteiger partial charge in [-0.2, -0.15) is 11.8 Å². The Bertz CT molecular complexity index is 169. The van der Waals surface area contributed by atoms with Crippen molar-refractivity contribution in [2.75, 3.05) is 39.2 Å². The Morgan fingerprint density at radius 3 is 2.94 bits per heavy atom. The molecule has 0 aromatic rings. The van der Waals surface area contributed by atoms with Crippen LogP contribution in [0.4, 0.5) is 0 Å². The van der Waals surface area contributed by atoms with Gasteiger partial charge >= 0.3 is 0 Å². The summed E-state index contributed by atoms with van der Waals surface area (Å²) >= 11 is 2.08. The fourth-order valence-electron chi connectivity index (χ4n) is 1.82. The molecule has 0 saturated carbocycles. The van der Waals surface area contributed by atoms with Crippen molar-refractivity contribution in [3.05, 3.63) is 0 Å². The molecule has 1 saturated heterocycles. The molecule has 1 aliphatic heterocycles. The van der Waals surface area contributed by atoms with E-state index in [9.17, 15) is 0 Å². The van der Waals surface area contributed by atoms with Gasteiger partial charge < -0.3 is 14.8 Å². The van der Waals surface area contributed by atoms with Gasteiger partial charge in [0.25, 0.3) is 0 Å². The van der Waals surface area contributed by atoms with Gasteiger partial charge in [-0.25, -0.2) is 0 Å². The topological polar surface area (TPSA) is 30.5 Å². The predicted octanol–water partition coefficient (Wildman–Crippen LogP) is 1.91. The fourth-order valence-corrected chi connectivity index (χ4v) is 3.10. The summed E-state index contributed by atoms with van der Waals surface area (Å²) in [5.41, 5.74) is 0. The number of unbranched alkanes of at least 4 members (excludes halogenated alkanes) is 1. The van der Waals surface area contributed by atoms with Crippen LogP contribution < -0.4 is 5.32 Å². The van der Waals surface area contributed by atoms with E-state index in [1.807, 2.05) is 0 Å². The molecule has 1 aliphatic rings. The Morgan fingerprint density at radius 1 is 1.38 bits per heavy atom. The first kappa shape index (κ1) is 14.3. The van der Waals surface area contributed by atoms with Crippen LogP contribution in [-0.4, -0.2) is 50.5 Å². The molecule has 0 aliphatic carbocycles. The summed E-state index contributed by atoms with van der Waals surface area (Å²) in [6.45, 7) is 6.04. The summed E-state index contributed by atoms with van der Waals surface area (Å²) in [5.74, 6) is 1.27. The third kappa shape index (κ3) is 6.09. The molecule has 2 unspecified atom stereocenters. The van der Waals surface area contributed by atoms with Crippen molar-refractivity contribution in [1.29, 1.82) is 0 Å². The van der Waals surface area contributed by atoms with Crippen LogP contribution in [0.3, 0.4) is 0 Å². The van der Waals surface area contributed by atoms with Gasteiger partial charge in [0.05, 0.1) is 12.7 Å². The lowest BCUT2D eigenvalue weighted by Crippen LogP contribution is -2.20. The second-order valence-corrected chi connectivity index (χ2v) is 5.57. The molecule has 0 amide bonds. The summed E-state index contributed by atoms with van der Waals surface area (Å²) in [6.07, 6.45) is 4.26. The number of ether oxygens (including phenoxy) is 2. The molecule has 1 fully saturated rings. The number of rotatable bonds is 9. The average molecular weight is 247 g/mol. The molecule has 0 aromatic heterocycles. The quantitative estimate of drug-likeness (QED) is 0.631. The zero-order valence-corrected chi connectivity index (χ0v) is 11.4. The Hall–Kier alpha value is 0.230. The third-order valence-corrected chi connectivity index (χ3v) is 4.44. The zero-order valence-electron chi connectivity index (χ0n) is 10.5. The number of nitrogens with one attached hydrogen (secondary N) is 1. The molecule has 2 atom stereocenters. The minimum absolute atomic E-state index is 0.463. The molecule has 0 spiro atoms. The SMILES string of the molecule is COCCNCCCCSC1CCOC1C. The lowest BCUT2D eigenvalue weighted by Gasteiger charge is -2.13. The largest absolute Gasteiger partial charge is 0.383 e. The molecular formula is C12H25NO2S. The van der Waals surface area contributed by atoms with Gasteiger partial charge in [0, 0.05) is 25.5 Å². The Kier molecular flexibility index (Phi) is 8.29. The van der Waals surface area contributed by atoms with Crippen molar-refractivity contribution < 1.29 is 9.47 Å². The molecule has 96 valence electrons. The van der Waals surface area contributed by atoms with Crippen LogP contribution in [0, 0.1) is 0 Å². The predicted molar refractivity (Wildman–Crippen MR) is 70.3 cm³/mol. The van der Waals surface area contributed by atoms with Crippen molar-refractivity contribution in [2.24, 2.45) is 0 Å². The van der Waals surface area contributed by atoms with E-state index in [-0.39, 0.29) is 0 Å². The minimum atomic E-state index is 0.463. The van der Waals surface area contributed by atoms with E-state index < -0.39 is 0 Å². The maximum Gasteiger partial charge on any atom is 0.0666 e. The van der Waals surface area contributed by atoms with E-state index in [0.717, 1.165) is 31.6 Å². The monoisotopic (exact) mass is 247 g/mol. The number of thioether (sulfide) groups is 1. The summed E-state index contributed by atoms with van der Waals surface area (Å²) in [7, 11) is 1.74. The van der Waals surface area contributed by atoms with E-state index in [1.54, 1.807) is 7.11 Å². The lowest BCUT2D eigenvalue weighted by molar-refractivity contribution is 0.127. The summed E-state index contributed by atoms with van der Waals surface area (Å²) in [4.78, 5) is 0. The van der Waals surface area contributed by atoms with E-state index in [4.69, 9.17) is 9.47 Å². The molecule has 3 nitrogen and oxygen atoms in total. The van der Waals surface area contributed by atoms with Crippen molar-refractivity contribution in [3.63, 3.8) is 0 Å². The van der Waals surface area contributed by atoms with Gasteiger partial charge in [-0.1, -0.05) is 0 Å². The summed E-state index contributed by atoms with van der Waals surface area (Å²) in [5, 5.41) is 4.10. The van der Waals surface area contributed by atoms with Crippen molar-refractivity contribution in [3.8, 4) is 0 Å². The highest BCUT2D eigenvalue weighted by molar-refractivity contribution is 7.99. The van der Waals surface area contributed by atoms with Crippen LogP contribution in [0.15, 0.2) is 0 Å². The van der Waals surface area contributed by atoms with E-state index in [0.29, 0.717) is 6.10 Å². The number of hydrogen-bond acceptors (Lipinski definition) is 4. The molecular weight excluding hydrogens is 222 g/mol. The van der Waals surface area contributed by atoms with Crippen LogP contribution in [0.1, 0.15) is 26.2 Å². The Balaban J connectivity index is 1.81. The van der Waals surface area contributed by atoms with Crippen LogP contribution in [0.25, 0.3) is 0 Å². The van der Waals surface area contributed by atoms with Gasteiger partial charge in [-0.05, 0) is 38.5 Å². The number of hydrogen-bond donors (Lipinski definition) is 1. The van der Waals surface area contributed by atoms with E-state index in [1.165, 1.54) is 25.0 Å².